The summed E-state index contributed by atoms with van der Waals surface area (Å²) in [7, 11) is 1.92. The van der Waals surface area contributed by atoms with E-state index in [0.29, 0.717) is 13.1 Å². The van der Waals surface area contributed by atoms with Gasteiger partial charge in [-0.1, -0.05) is 0 Å². The largest absolute Gasteiger partial charge is 0.355 e. The molecule has 6 nitrogen and oxygen atoms in total. The van der Waals surface area contributed by atoms with Crippen LogP contribution in [0.1, 0.15) is 18.5 Å². The minimum absolute atomic E-state index is 0.0870. The number of carbonyl (C=O) groups excluding carboxylic acids is 1. The van der Waals surface area contributed by atoms with Crippen LogP contribution in [-0.4, -0.2) is 46.8 Å². The Morgan fingerprint density at radius 1 is 1.63 bits per heavy atom. The summed E-state index contributed by atoms with van der Waals surface area (Å²) in [5.41, 5.74) is 6.46. The maximum atomic E-state index is 11.9. The van der Waals surface area contributed by atoms with Crippen LogP contribution < -0.4 is 11.1 Å². The van der Waals surface area contributed by atoms with Crippen LogP contribution in [0.4, 0.5) is 0 Å². The molecule has 2 rings (SSSR count). The Morgan fingerprint density at radius 3 is 3.16 bits per heavy atom. The number of nitrogens with one attached hydrogen (secondary N) is 1. The third-order valence-electron chi connectivity index (χ3n) is 3.47. The van der Waals surface area contributed by atoms with Gasteiger partial charge >= 0.3 is 0 Å². The normalized spacial score (nSPS) is 20.4. The molecule has 1 saturated heterocycles. The topological polar surface area (TPSA) is 76.2 Å². The zero-order valence-corrected chi connectivity index (χ0v) is 11.5. The van der Waals surface area contributed by atoms with E-state index in [1.807, 2.05) is 24.0 Å². The summed E-state index contributed by atoms with van der Waals surface area (Å²) in [4.78, 5) is 14.3. The van der Waals surface area contributed by atoms with Gasteiger partial charge in [0.1, 0.15) is 0 Å². The zero-order valence-electron chi connectivity index (χ0n) is 11.5. The molecule has 1 fully saturated rings. The van der Waals surface area contributed by atoms with E-state index in [0.717, 1.165) is 38.2 Å². The van der Waals surface area contributed by atoms with Crippen molar-refractivity contribution in [2.24, 2.45) is 18.7 Å². The lowest BCUT2D eigenvalue weighted by molar-refractivity contribution is -0.126. The van der Waals surface area contributed by atoms with Gasteiger partial charge in [-0.15, -0.1) is 0 Å². The molecular weight excluding hydrogens is 242 g/mol. The Balaban J connectivity index is 1.84. The van der Waals surface area contributed by atoms with Crippen molar-refractivity contribution in [1.29, 1.82) is 0 Å². The van der Waals surface area contributed by atoms with Gasteiger partial charge in [0.15, 0.2) is 0 Å². The van der Waals surface area contributed by atoms with E-state index in [9.17, 15) is 4.79 Å². The summed E-state index contributed by atoms with van der Waals surface area (Å²) in [6.07, 6.45) is 3.98. The van der Waals surface area contributed by atoms with Crippen molar-refractivity contribution >= 4 is 5.91 Å². The third-order valence-corrected chi connectivity index (χ3v) is 3.47. The number of hydrogen-bond donors (Lipinski definition) is 2. The monoisotopic (exact) mass is 265 g/mol. The molecule has 1 unspecified atom stereocenters. The molecule has 0 aliphatic carbocycles. The molecule has 1 atom stereocenters. The van der Waals surface area contributed by atoms with E-state index in [1.54, 1.807) is 0 Å². The molecule has 19 heavy (non-hydrogen) atoms. The van der Waals surface area contributed by atoms with Crippen molar-refractivity contribution in [2.45, 2.75) is 19.4 Å². The molecule has 1 aromatic rings. The zero-order chi connectivity index (χ0) is 13.7. The molecule has 6 heteroatoms. The Labute approximate surface area is 113 Å². The number of aromatic nitrogens is 2. The second-order valence-corrected chi connectivity index (χ2v) is 5.13. The molecular formula is C13H23N5O. The second-order valence-electron chi connectivity index (χ2n) is 5.13. The predicted molar refractivity (Wildman–Crippen MR) is 73.3 cm³/mol. The quantitative estimate of drug-likeness (QED) is 0.767. The first-order chi connectivity index (χ1) is 9.19. The molecule has 0 bridgehead atoms. The van der Waals surface area contributed by atoms with E-state index in [1.165, 1.54) is 0 Å². The molecule has 0 saturated carbocycles. The van der Waals surface area contributed by atoms with Crippen molar-refractivity contribution < 1.29 is 4.79 Å². The van der Waals surface area contributed by atoms with Gasteiger partial charge in [-0.05, 0) is 25.5 Å². The van der Waals surface area contributed by atoms with Crippen molar-refractivity contribution in [2.75, 3.05) is 26.2 Å². The molecule has 1 aliphatic heterocycles. The van der Waals surface area contributed by atoms with Crippen LogP contribution in [0, 0.1) is 5.92 Å². The highest BCUT2D eigenvalue weighted by molar-refractivity contribution is 5.78. The number of carbonyl (C=O) groups is 1. The summed E-state index contributed by atoms with van der Waals surface area (Å²) in [6.45, 7) is 3.73. The predicted octanol–water partition coefficient (Wildman–Crippen LogP) is -0.293. The molecule has 1 aliphatic rings. The number of rotatable bonds is 5. The highest BCUT2D eigenvalue weighted by Crippen LogP contribution is 2.18. The minimum Gasteiger partial charge on any atom is -0.355 e. The Morgan fingerprint density at radius 2 is 2.47 bits per heavy atom. The number of nitrogens with two attached hydrogens (primary N) is 1. The third kappa shape index (κ3) is 4.04. The average Bonchev–Trinajstić information content (AvgIpc) is 2.81. The van der Waals surface area contributed by atoms with Gasteiger partial charge in [0.25, 0.3) is 0 Å². The van der Waals surface area contributed by atoms with E-state index in [4.69, 9.17) is 5.73 Å². The summed E-state index contributed by atoms with van der Waals surface area (Å²) in [5, 5.41) is 7.26. The molecule has 3 N–H and O–H groups in total. The van der Waals surface area contributed by atoms with Gasteiger partial charge in [-0.3, -0.25) is 14.4 Å². The summed E-state index contributed by atoms with van der Waals surface area (Å²) in [6, 6.07) is 2.03. The molecule has 0 spiro atoms. The number of hydrogen-bond acceptors (Lipinski definition) is 4. The van der Waals surface area contributed by atoms with Crippen LogP contribution in [0.15, 0.2) is 12.3 Å². The maximum Gasteiger partial charge on any atom is 0.224 e. The van der Waals surface area contributed by atoms with Crippen LogP contribution in [0.3, 0.4) is 0 Å². The van der Waals surface area contributed by atoms with Crippen molar-refractivity contribution in [3.05, 3.63) is 18.0 Å². The van der Waals surface area contributed by atoms with Crippen LogP contribution in [-0.2, 0) is 18.4 Å². The first-order valence-electron chi connectivity index (χ1n) is 6.87. The lowest BCUT2D eigenvalue weighted by Gasteiger charge is -2.31. The average molecular weight is 265 g/mol. The number of amides is 1. The number of piperidine rings is 1. The molecule has 1 amide bonds. The lowest BCUT2D eigenvalue weighted by atomic mass is 9.97. The first kappa shape index (κ1) is 14.0. The molecule has 2 heterocycles. The number of nitrogens with zero attached hydrogens (tertiary/aromatic N) is 3. The fourth-order valence-corrected chi connectivity index (χ4v) is 2.53. The van der Waals surface area contributed by atoms with Gasteiger partial charge in [0, 0.05) is 39.4 Å². The SMILES string of the molecule is Cn1ccc(CN2CCCC(C(=O)NCCN)C2)n1. The van der Waals surface area contributed by atoms with Crippen LogP contribution >= 0.6 is 0 Å². The summed E-state index contributed by atoms with van der Waals surface area (Å²) >= 11 is 0. The van der Waals surface area contributed by atoms with Gasteiger partial charge < -0.3 is 11.1 Å². The van der Waals surface area contributed by atoms with Gasteiger partial charge in [-0.2, -0.15) is 5.10 Å². The first-order valence-corrected chi connectivity index (χ1v) is 6.87. The van der Waals surface area contributed by atoms with Crippen molar-refractivity contribution in [3.63, 3.8) is 0 Å². The molecule has 0 aromatic carbocycles. The van der Waals surface area contributed by atoms with Crippen LogP contribution in [0.5, 0.6) is 0 Å². The lowest BCUT2D eigenvalue weighted by Crippen LogP contribution is -2.43. The van der Waals surface area contributed by atoms with Crippen molar-refractivity contribution in [3.8, 4) is 0 Å². The van der Waals surface area contributed by atoms with Gasteiger partial charge in [-0.25, -0.2) is 0 Å². The summed E-state index contributed by atoms with van der Waals surface area (Å²) in [5.74, 6) is 0.222. The fourth-order valence-electron chi connectivity index (χ4n) is 2.53. The standard InChI is InChI=1S/C13H23N5O/c1-17-8-4-12(16-17)10-18-7-2-3-11(9-18)13(19)15-6-5-14/h4,8,11H,2-3,5-7,9-10,14H2,1H3,(H,15,19). The smallest absolute Gasteiger partial charge is 0.224 e. The van der Waals surface area contributed by atoms with E-state index < -0.39 is 0 Å². The Bertz CT molecular complexity index is 417. The molecule has 1 aromatic heterocycles. The van der Waals surface area contributed by atoms with Gasteiger partial charge in [0.05, 0.1) is 11.6 Å². The number of likely N-dealkylation sites (tertiary alicyclic amines) is 1. The van der Waals surface area contributed by atoms with E-state index >= 15 is 0 Å². The van der Waals surface area contributed by atoms with E-state index in [-0.39, 0.29) is 11.8 Å². The Hall–Kier alpha value is -1.40. The van der Waals surface area contributed by atoms with Crippen LogP contribution in [0.2, 0.25) is 0 Å². The Kier molecular flexibility index (Phi) is 4.93. The van der Waals surface area contributed by atoms with Crippen LogP contribution in [0.25, 0.3) is 0 Å². The number of aryl methyl sites for hydroxylation is 1. The molecule has 0 radical (unpaired) electrons. The van der Waals surface area contributed by atoms with Crippen molar-refractivity contribution in [1.82, 2.24) is 20.0 Å². The van der Waals surface area contributed by atoms with Gasteiger partial charge in [0.2, 0.25) is 5.91 Å². The van der Waals surface area contributed by atoms with E-state index in [2.05, 4.69) is 15.3 Å². The maximum absolute atomic E-state index is 11.9. The minimum atomic E-state index is 0.0870. The molecule has 106 valence electrons. The highest BCUT2D eigenvalue weighted by atomic mass is 16.1. The highest BCUT2D eigenvalue weighted by Gasteiger charge is 2.25. The second kappa shape index (κ2) is 6.68. The fraction of sp³-hybridized carbons (Fsp3) is 0.692. The summed E-state index contributed by atoms with van der Waals surface area (Å²) < 4.78 is 1.81.